The fourth-order valence-corrected chi connectivity index (χ4v) is 0.324. The highest BCUT2D eigenvalue weighted by Gasteiger charge is 2.47. The second kappa shape index (κ2) is 2.89. The second-order valence-electron chi connectivity index (χ2n) is 1.73. The lowest BCUT2D eigenvalue weighted by atomic mass is 10.2. The number of carbonyl (C=O) groups is 1. The molecule has 0 aromatic heterocycles. The van der Waals surface area contributed by atoms with E-state index >= 15 is 0 Å². The summed E-state index contributed by atoms with van der Waals surface area (Å²) in [5.41, 5.74) is 2.94. The second-order valence-corrected chi connectivity index (χ2v) is 1.73. The van der Waals surface area contributed by atoms with Gasteiger partial charge in [0.2, 0.25) is 0 Å². The molecule has 0 amide bonds. The standard InChI is InChI=1S/C4H7F2NO3/c5-4(6,3(9)10)2(8)1-7/h2,8H,1,7H2,(H,9,10)/p+1. The molecule has 0 rings (SSSR count). The molecule has 0 saturated carbocycles. The number of hydrogen-bond acceptors (Lipinski definition) is 2. The molecule has 0 aromatic carbocycles. The molecule has 60 valence electrons. The lowest BCUT2D eigenvalue weighted by Crippen LogP contribution is -2.61. The topological polar surface area (TPSA) is 85.2 Å². The van der Waals surface area contributed by atoms with Crippen molar-refractivity contribution in [3.05, 3.63) is 0 Å². The molecule has 1 unspecified atom stereocenters. The lowest BCUT2D eigenvalue weighted by Gasteiger charge is -2.13. The number of hydrogen-bond donors (Lipinski definition) is 3. The van der Waals surface area contributed by atoms with E-state index in [4.69, 9.17) is 10.2 Å². The summed E-state index contributed by atoms with van der Waals surface area (Å²) in [6.07, 6.45) is -2.20. The number of aliphatic hydroxyl groups excluding tert-OH is 1. The summed E-state index contributed by atoms with van der Waals surface area (Å²) in [5, 5.41) is 16.2. The maximum atomic E-state index is 12.1. The van der Waals surface area contributed by atoms with Gasteiger partial charge in [0.15, 0.2) is 6.10 Å². The quantitative estimate of drug-likeness (QED) is 0.455. The SMILES string of the molecule is [NH3+]CC(O)C(F)(F)C(=O)O. The van der Waals surface area contributed by atoms with Crippen molar-refractivity contribution in [2.45, 2.75) is 12.0 Å². The van der Waals surface area contributed by atoms with E-state index in [2.05, 4.69) is 5.73 Å². The molecule has 0 aliphatic rings. The van der Waals surface area contributed by atoms with E-state index in [1.165, 1.54) is 0 Å². The number of aliphatic hydroxyl groups is 1. The molecule has 0 aromatic rings. The van der Waals surface area contributed by atoms with Gasteiger partial charge in [-0.2, -0.15) is 8.78 Å². The minimum Gasteiger partial charge on any atom is -0.477 e. The first kappa shape index (κ1) is 9.25. The Hall–Kier alpha value is -0.750. The van der Waals surface area contributed by atoms with Gasteiger partial charge in [-0.15, -0.1) is 0 Å². The Morgan fingerprint density at radius 2 is 2.10 bits per heavy atom. The minimum absolute atomic E-state index is 0.528. The maximum absolute atomic E-state index is 12.1. The van der Waals surface area contributed by atoms with Gasteiger partial charge in [-0.1, -0.05) is 0 Å². The number of rotatable bonds is 3. The van der Waals surface area contributed by atoms with Crippen LogP contribution >= 0.6 is 0 Å². The summed E-state index contributed by atoms with van der Waals surface area (Å²) in [4.78, 5) is 9.68. The van der Waals surface area contributed by atoms with Crippen molar-refractivity contribution >= 4 is 5.97 Å². The number of halogens is 2. The number of quaternary nitrogens is 1. The van der Waals surface area contributed by atoms with Crippen LogP contribution in [0.25, 0.3) is 0 Å². The summed E-state index contributed by atoms with van der Waals surface area (Å²) in [5.74, 6) is -6.41. The van der Waals surface area contributed by atoms with E-state index in [1.807, 2.05) is 0 Å². The average Bonchev–Trinajstić information content (AvgIpc) is 1.86. The van der Waals surface area contributed by atoms with Crippen LogP contribution in [0.1, 0.15) is 0 Å². The minimum atomic E-state index is -4.08. The molecule has 6 heteroatoms. The van der Waals surface area contributed by atoms with Gasteiger partial charge in [0.05, 0.1) is 0 Å². The third-order valence-corrected chi connectivity index (χ3v) is 0.977. The first-order chi connectivity index (χ1) is 4.42. The van der Waals surface area contributed by atoms with Crippen LogP contribution in [0.4, 0.5) is 8.78 Å². The summed E-state index contributed by atoms with van der Waals surface area (Å²) < 4.78 is 24.1. The number of carboxylic acids is 1. The van der Waals surface area contributed by atoms with Crippen LogP contribution in [-0.2, 0) is 4.79 Å². The molecule has 0 bridgehead atoms. The van der Waals surface area contributed by atoms with Gasteiger partial charge in [0.25, 0.3) is 0 Å². The summed E-state index contributed by atoms with van der Waals surface area (Å²) in [6.45, 7) is -0.528. The normalized spacial score (nSPS) is 14.8. The van der Waals surface area contributed by atoms with Gasteiger partial charge in [-0.05, 0) is 0 Å². The highest BCUT2D eigenvalue weighted by atomic mass is 19.3. The van der Waals surface area contributed by atoms with Gasteiger partial charge in [-0.3, -0.25) is 0 Å². The van der Waals surface area contributed by atoms with E-state index in [-0.39, 0.29) is 0 Å². The van der Waals surface area contributed by atoms with Gasteiger partial charge >= 0.3 is 11.9 Å². The number of aliphatic carboxylic acids is 1. The van der Waals surface area contributed by atoms with Crippen molar-refractivity contribution < 1.29 is 29.5 Å². The molecule has 0 fully saturated rings. The Kier molecular flexibility index (Phi) is 2.67. The number of carboxylic acid groups (broad SMARTS) is 1. The largest absolute Gasteiger partial charge is 0.477 e. The monoisotopic (exact) mass is 156 g/mol. The van der Waals surface area contributed by atoms with Crippen molar-refractivity contribution in [2.75, 3.05) is 6.54 Å². The fraction of sp³-hybridized carbons (Fsp3) is 0.750. The van der Waals surface area contributed by atoms with E-state index in [9.17, 15) is 13.6 Å². The zero-order valence-electron chi connectivity index (χ0n) is 5.05. The van der Waals surface area contributed by atoms with Crippen LogP contribution in [-0.4, -0.2) is 34.8 Å². The zero-order valence-corrected chi connectivity index (χ0v) is 5.05. The van der Waals surface area contributed by atoms with Crippen LogP contribution in [0, 0.1) is 0 Å². The van der Waals surface area contributed by atoms with Gasteiger partial charge in [0.1, 0.15) is 6.54 Å². The highest BCUT2D eigenvalue weighted by molar-refractivity contribution is 5.76. The summed E-state index contributed by atoms with van der Waals surface area (Å²) in [7, 11) is 0. The molecule has 10 heavy (non-hydrogen) atoms. The molecule has 0 saturated heterocycles. The van der Waals surface area contributed by atoms with Crippen molar-refractivity contribution in [2.24, 2.45) is 0 Å². The average molecular weight is 156 g/mol. The van der Waals surface area contributed by atoms with Gasteiger partial charge in [-0.25, -0.2) is 4.79 Å². The van der Waals surface area contributed by atoms with E-state index in [1.54, 1.807) is 0 Å². The predicted octanol–water partition coefficient (Wildman–Crippen LogP) is -1.69. The number of alkyl halides is 2. The van der Waals surface area contributed by atoms with E-state index in [0.29, 0.717) is 0 Å². The van der Waals surface area contributed by atoms with Crippen LogP contribution in [0.5, 0.6) is 0 Å². The molecule has 0 heterocycles. The third kappa shape index (κ3) is 1.61. The van der Waals surface area contributed by atoms with Crippen LogP contribution < -0.4 is 5.73 Å². The molecular formula is C4H8F2NO3+. The maximum Gasteiger partial charge on any atom is 0.377 e. The molecule has 0 spiro atoms. The molecular weight excluding hydrogens is 148 g/mol. The van der Waals surface area contributed by atoms with Gasteiger partial charge in [0, 0.05) is 0 Å². The highest BCUT2D eigenvalue weighted by Crippen LogP contribution is 2.17. The van der Waals surface area contributed by atoms with Crippen molar-refractivity contribution in [1.82, 2.24) is 0 Å². The Bertz CT molecular complexity index is 138. The Balaban J connectivity index is 4.23. The Labute approximate surface area is 55.3 Å². The summed E-state index contributed by atoms with van der Waals surface area (Å²) >= 11 is 0. The Morgan fingerprint density at radius 3 is 2.20 bits per heavy atom. The summed E-state index contributed by atoms with van der Waals surface area (Å²) in [6, 6.07) is 0. The van der Waals surface area contributed by atoms with Crippen molar-refractivity contribution in [3.63, 3.8) is 0 Å². The van der Waals surface area contributed by atoms with Crippen molar-refractivity contribution in [1.29, 1.82) is 0 Å². The van der Waals surface area contributed by atoms with Crippen LogP contribution in [0.3, 0.4) is 0 Å². The smallest absolute Gasteiger partial charge is 0.377 e. The van der Waals surface area contributed by atoms with Crippen LogP contribution in [0.2, 0.25) is 0 Å². The van der Waals surface area contributed by atoms with Crippen molar-refractivity contribution in [3.8, 4) is 0 Å². The molecule has 1 atom stereocenters. The van der Waals surface area contributed by atoms with E-state index < -0.39 is 24.5 Å². The molecule has 0 radical (unpaired) electrons. The third-order valence-electron chi connectivity index (χ3n) is 0.977. The van der Waals surface area contributed by atoms with Gasteiger partial charge < -0.3 is 15.9 Å². The Morgan fingerprint density at radius 1 is 1.70 bits per heavy atom. The van der Waals surface area contributed by atoms with E-state index in [0.717, 1.165) is 0 Å². The zero-order chi connectivity index (χ0) is 8.36. The first-order valence-electron chi connectivity index (χ1n) is 2.51. The lowest BCUT2D eigenvalue weighted by molar-refractivity contribution is -0.394. The fourth-order valence-electron chi connectivity index (χ4n) is 0.324. The first-order valence-corrected chi connectivity index (χ1v) is 2.51. The molecule has 0 aliphatic heterocycles. The van der Waals surface area contributed by atoms with Crippen LogP contribution in [0.15, 0.2) is 0 Å². The molecule has 0 aliphatic carbocycles. The predicted molar refractivity (Wildman–Crippen MR) is 26.3 cm³/mol. The molecule has 4 nitrogen and oxygen atoms in total. The molecule has 5 N–H and O–H groups in total.